The average Bonchev–Trinajstić information content (AvgIpc) is 3.23. The van der Waals surface area contributed by atoms with E-state index in [0.717, 1.165) is 65.3 Å². The number of rotatable bonds is 6. The fourth-order valence-corrected chi connectivity index (χ4v) is 4.04. The second-order valence-corrected chi connectivity index (χ2v) is 7.62. The molecule has 0 saturated carbocycles. The number of anilines is 1. The number of nitrogens with zero attached hydrogens (tertiary/aromatic N) is 5. The number of hydrogen-bond acceptors (Lipinski definition) is 7. The van der Waals surface area contributed by atoms with Crippen LogP contribution in [0, 0.1) is 0 Å². The van der Waals surface area contributed by atoms with Crippen molar-refractivity contribution >= 4 is 22.7 Å². The molecule has 0 aliphatic carbocycles. The third kappa shape index (κ3) is 3.95. The number of pyridine rings is 1. The SMILES string of the molecule is CCOCC/C=C1\CCN(C)c2ncc(-c3cnc(-c4cccnc4)s3)nc21. The molecule has 144 valence electrons. The first-order valence-electron chi connectivity index (χ1n) is 9.48. The summed E-state index contributed by atoms with van der Waals surface area (Å²) >= 11 is 1.61. The molecular formula is C21H23N5OS. The number of thiazole rings is 1. The second kappa shape index (κ2) is 8.58. The zero-order valence-corrected chi connectivity index (χ0v) is 16.9. The second-order valence-electron chi connectivity index (χ2n) is 6.59. The predicted octanol–water partition coefficient (Wildman–Crippen LogP) is 4.31. The molecule has 0 N–H and O–H groups in total. The summed E-state index contributed by atoms with van der Waals surface area (Å²) < 4.78 is 5.47. The van der Waals surface area contributed by atoms with E-state index in [4.69, 9.17) is 14.7 Å². The maximum Gasteiger partial charge on any atom is 0.154 e. The van der Waals surface area contributed by atoms with Gasteiger partial charge in [0.25, 0.3) is 0 Å². The molecule has 0 amide bonds. The van der Waals surface area contributed by atoms with E-state index >= 15 is 0 Å². The highest BCUT2D eigenvalue weighted by atomic mass is 32.1. The Labute approximate surface area is 169 Å². The third-order valence-corrected chi connectivity index (χ3v) is 5.73. The third-order valence-electron chi connectivity index (χ3n) is 4.66. The minimum absolute atomic E-state index is 0.738. The Morgan fingerprint density at radius 2 is 2.18 bits per heavy atom. The maximum absolute atomic E-state index is 5.47. The van der Waals surface area contributed by atoms with Gasteiger partial charge >= 0.3 is 0 Å². The predicted molar refractivity (Wildman–Crippen MR) is 113 cm³/mol. The molecule has 0 unspecified atom stereocenters. The number of hydrogen-bond donors (Lipinski definition) is 0. The molecule has 0 saturated heterocycles. The lowest BCUT2D eigenvalue weighted by atomic mass is 10.0. The molecule has 0 spiro atoms. The lowest BCUT2D eigenvalue weighted by Gasteiger charge is -2.27. The molecule has 4 rings (SSSR count). The molecule has 3 aromatic heterocycles. The summed E-state index contributed by atoms with van der Waals surface area (Å²) in [6.07, 6.45) is 11.4. The van der Waals surface area contributed by atoms with Gasteiger partial charge < -0.3 is 9.64 Å². The van der Waals surface area contributed by atoms with Crippen molar-refractivity contribution in [2.75, 3.05) is 31.7 Å². The van der Waals surface area contributed by atoms with Gasteiger partial charge in [0.1, 0.15) is 16.4 Å². The normalized spacial score (nSPS) is 15.1. The molecule has 28 heavy (non-hydrogen) atoms. The molecule has 1 aliphatic heterocycles. The van der Waals surface area contributed by atoms with Crippen molar-refractivity contribution < 1.29 is 4.74 Å². The summed E-state index contributed by atoms with van der Waals surface area (Å²) in [5, 5.41) is 0.937. The fraction of sp³-hybridized carbons (Fsp3) is 0.333. The van der Waals surface area contributed by atoms with Crippen molar-refractivity contribution in [3.05, 3.63) is 48.7 Å². The molecule has 0 bridgehead atoms. The summed E-state index contributed by atoms with van der Waals surface area (Å²) in [6.45, 7) is 4.45. The first-order valence-corrected chi connectivity index (χ1v) is 10.3. The van der Waals surface area contributed by atoms with E-state index in [0.29, 0.717) is 0 Å². The Kier molecular flexibility index (Phi) is 5.73. The van der Waals surface area contributed by atoms with Crippen molar-refractivity contribution in [2.45, 2.75) is 19.8 Å². The van der Waals surface area contributed by atoms with Crippen molar-refractivity contribution in [3.63, 3.8) is 0 Å². The summed E-state index contributed by atoms with van der Waals surface area (Å²) in [5.41, 5.74) is 4.09. The molecular weight excluding hydrogens is 370 g/mol. The monoisotopic (exact) mass is 393 g/mol. The lowest BCUT2D eigenvalue weighted by Crippen LogP contribution is -2.26. The lowest BCUT2D eigenvalue weighted by molar-refractivity contribution is 0.152. The smallest absolute Gasteiger partial charge is 0.154 e. The van der Waals surface area contributed by atoms with Gasteiger partial charge in [0, 0.05) is 44.4 Å². The maximum atomic E-state index is 5.47. The Morgan fingerprint density at radius 3 is 3.00 bits per heavy atom. The quantitative estimate of drug-likeness (QED) is 0.582. The Morgan fingerprint density at radius 1 is 1.25 bits per heavy atom. The van der Waals surface area contributed by atoms with Crippen LogP contribution in [0.3, 0.4) is 0 Å². The molecule has 6 nitrogen and oxygen atoms in total. The fourth-order valence-electron chi connectivity index (χ4n) is 3.18. The Balaban J connectivity index is 1.64. The number of ether oxygens (including phenoxy) is 1. The van der Waals surface area contributed by atoms with E-state index in [-0.39, 0.29) is 0 Å². The van der Waals surface area contributed by atoms with E-state index in [1.807, 2.05) is 37.6 Å². The van der Waals surface area contributed by atoms with Gasteiger partial charge in [0.15, 0.2) is 5.82 Å². The molecule has 0 aromatic carbocycles. The van der Waals surface area contributed by atoms with Crippen LogP contribution < -0.4 is 4.90 Å². The van der Waals surface area contributed by atoms with E-state index in [1.165, 1.54) is 5.57 Å². The van der Waals surface area contributed by atoms with Gasteiger partial charge in [-0.1, -0.05) is 6.08 Å². The molecule has 4 heterocycles. The zero-order valence-electron chi connectivity index (χ0n) is 16.1. The van der Waals surface area contributed by atoms with Gasteiger partial charge in [0.05, 0.1) is 17.7 Å². The highest BCUT2D eigenvalue weighted by Gasteiger charge is 2.22. The summed E-state index contributed by atoms with van der Waals surface area (Å²) in [7, 11) is 2.07. The van der Waals surface area contributed by atoms with Crippen LogP contribution in [-0.4, -0.2) is 46.7 Å². The van der Waals surface area contributed by atoms with Crippen molar-refractivity contribution in [1.29, 1.82) is 0 Å². The molecule has 7 heteroatoms. The van der Waals surface area contributed by atoms with Gasteiger partial charge in [-0.05, 0) is 37.5 Å². The van der Waals surface area contributed by atoms with Crippen molar-refractivity contribution in [2.24, 2.45) is 0 Å². The molecule has 0 radical (unpaired) electrons. The minimum Gasteiger partial charge on any atom is -0.381 e. The standard InChI is InChI=1S/C21H23N5OS/c1-3-27-11-5-7-15-8-10-26(2)20-19(15)25-17(13-23-20)18-14-24-21(28-18)16-6-4-9-22-12-16/h4,6-7,9,12-14H,3,5,8,10-11H2,1-2H3/b15-7+. The largest absolute Gasteiger partial charge is 0.381 e. The van der Waals surface area contributed by atoms with Crippen LogP contribution in [0.2, 0.25) is 0 Å². The Hall–Kier alpha value is -2.64. The summed E-state index contributed by atoms with van der Waals surface area (Å²) in [5.74, 6) is 0.939. The topological polar surface area (TPSA) is 64.0 Å². The van der Waals surface area contributed by atoms with E-state index in [2.05, 4.69) is 28.0 Å². The van der Waals surface area contributed by atoms with Crippen molar-refractivity contribution in [3.8, 4) is 21.1 Å². The summed E-state index contributed by atoms with van der Waals surface area (Å²) in [6, 6.07) is 3.94. The Bertz CT molecular complexity index is 970. The van der Waals surface area contributed by atoms with Crippen LogP contribution in [0.15, 0.2) is 43.0 Å². The highest BCUT2D eigenvalue weighted by Crippen LogP contribution is 2.35. The molecule has 3 aromatic rings. The van der Waals surface area contributed by atoms with E-state index in [1.54, 1.807) is 17.5 Å². The highest BCUT2D eigenvalue weighted by molar-refractivity contribution is 7.18. The van der Waals surface area contributed by atoms with E-state index in [9.17, 15) is 0 Å². The van der Waals surface area contributed by atoms with Crippen LogP contribution in [0.5, 0.6) is 0 Å². The first kappa shape index (κ1) is 18.7. The summed E-state index contributed by atoms with van der Waals surface area (Å²) in [4.78, 5) is 21.6. The molecule has 0 atom stereocenters. The van der Waals surface area contributed by atoms with Crippen molar-refractivity contribution in [1.82, 2.24) is 19.9 Å². The van der Waals surface area contributed by atoms with Crippen LogP contribution in [0.1, 0.15) is 25.5 Å². The zero-order chi connectivity index (χ0) is 19.3. The number of aromatic nitrogens is 4. The number of fused-ring (bicyclic) bond motifs is 1. The van der Waals surface area contributed by atoms with Crippen LogP contribution in [0.4, 0.5) is 5.82 Å². The van der Waals surface area contributed by atoms with E-state index < -0.39 is 0 Å². The van der Waals surface area contributed by atoms with Gasteiger partial charge in [-0.2, -0.15) is 0 Å². The molecule has 1 aliphatic rings. The van der Waals surface area contributed by atoms with Gasteiger partial charge in [-0.25, -0.2) is 15.0 Å². The van der Waals surface area contributed by atoms with Crippen LogP contribution in [0.25, 0.3) is 26.7 Å². The first-order chi connectivity index (χ1) is 13.8. The minimum atomic E-state index is 0.738. The van der Waals surface area contributed by atoms with Gasteiger partial charge in [-0.15, -0.1) is 11.3 Å². The van der Waals surface area contributed by atoms with Crippen LogP contribution in [-0.2, 0) is 4.74 Å². The van der Waals surface area contributed by atoms with Gasteiger partial charge in [0.2, 0.25) is 0 Å². The average molecular weight is 394 g/mol. The molecule has 0 fully saturated rings. The van der Waals surface area contributed by atoms with Gasteiger partial charge in [-0.3, -0.25) is 4.98 Å². The van der Waals surface area contributed by atoms with Crippen LogP contribution >= 0.6 is 11.3 Å².